The van der Waals surface area contributed by atoms with Crippen LogP contribution in [-0.4, -0.2) is 21.8 Å². The molecule has 1 aromatic heterocycles. The molecule has 116 valence electrons. The van der Waals surface area contributed by atoms with Gasteiger partial charge in [-0.15, -0.1) is 0 Å². The molecule has 1 aliphatic heterocycles. The zero-order valence-corrected chi connectivity index (χ0v) is 12.8. The fourth-order valence-electron chi connectivity index (χ4n) is 2.95. The highest BCUT2D eigenvalue weighted by atomic mass is 16.5. The largest absolute Gasteiger partial charge is 0.480 e. The van der Waals surface area contributed by atoms with Gasteiger partial charge < -0.3 is 10.1 Å². The quantitative estimate of drug-likeness (QED) is 0.809. The minimum absolute atomic E-state index is 0.122. The highest BCUT2D eigenvalue weighted by Gasteiger charge is 2.28. The summed E-state index contributed by atoms with van der Waals surface area (Å²) in [5.74, 6) is 0.676. The van der Waals surface area contributed by atoms with Crippen molar-refractivity contribution >= 4 is 22.5 Å². The SMILES string of the molecule is CCn1ncc2ccc(NC(=O)C3Cc4ccccc4O3)cc21. The molecule has 4 rings (SSSR count). The van der Waals surface area contributed by atoms with Crippen LogP contribution in [0.15, 0.2) is 48.7 Å². The van der Waals surface area contributed by atoms with Crippen molar-refractivity contribution in [3.8, 4) is 5.75 Å². The molecule has 1 amide bonds. The molecule has 3 aromatic rings. The first kappa shape index (κ1) is 13.8. The van der Waals surface area contributed by atoms with E-state index in [1.807, 2.05) is 60.3 Å². The molecule has 0 spiro atoms. The molecule has 1 aliphatic rings. The van der Waals surface area contributed by atoms with Gasteiger partial charge in [-0.1, -0.05) is 18.2 Å². The van der Waals surface area contributed by atoms with E-state index in [2.05, 4.69) is 10.4 Å². The Hall–Kier alpha value is -2.82. The van der Waals surface area contributed by atoms with Crippen molar-refractivity contribution in [3.05, 3.63) is 54.2 Å². The van der Waals surface area contributed by atoms with Crippen molar-refractivity contribution < 1.29 is 9.53 Å². The number of amides is 1. The number of aromatic nitrogens is 2. The number of para-hydroxylation sites is 1. The summed E-state index contributed by atoms with van der Waals surface area (Å²) in [7, 11) is 0. The van der Waals surface area contributed by atoms with E-state index >= 15 is 0 Å². The molecule has 0 bridgehead atoms. The van der Waals surface area contributed by atoms with Gasteiger partial charge in [0.1, 0.15) is 5.75 Å². The third kappa shape index (κ3) is 2.44. The molecule has 1 N–H and O–H groups in total. The predicted molar refractivity (Wildman–Crippen MR) is 88.6 cm³/mol. The number of carbonyl (C=O) groups excluding carboxylic acids is 1. The van der Waals surface area contributed by atoms with Crippen LogP contribution < -0.4 is 10.1 Å². The van der Waals surface area contributed by atoms with Crippen LogP contribution in [0.2, 0.25) is 0 Å². The standard InChI is InChI=1S/C18H17N3O2/c1-2-21-15-10-14(8-7-13(15)11-19-21)20-18(22)17-9-12-5-3-4-6-16(12)23-17/h3-8,10-11,17H,2,9H2,1H3,(H,20,22). The van der Waals surface area contributed by atoms with Gasteiger partial charge >= 0.3 is 0 Å². The number of hydrogen-bond donors (Lipinski definition) is 1. The van der Waals surface area contributed by atoms with Crippen molar-refractivity contribution in [3.63, 3.8) is 0 Å². The third-order valence-electron chi connectivity index (χ3n) is 4.15. The number of ether oxygens (including phenoxy) is 1. The second-order valence-electron chi connectivity index (χ2n) is 5.64. The Balaban J connectivity index is 1.53. The van der Waals surface area contributed by atoms with E-state index in [0.717, 1.165) is 34.4 Å². The summed E-state index contributed by atoms with van der Waals surface area (Å²) in [6.07, 6.45) is 1.97. The zero-order valence-electron chi connectivity index (χ0n) is 12.8. The van der Waals surface area contributed by atoms with Crippen LogP contribution in [0, 0.1) is 0 Å². The first-order valence-corrected chi connectivity index (χ1v) is 7.75. The molecule has 1 unspecified atom stereocenters. The molecule has 23 heavy (non-hydrogen) atoms. The van der Waals surface area contributed by atoms with E-state index in [0.29, 0.717) is 6.42 Å². The number of fused-ring (bicyclic) bond motifs is 2. The number of rotatable bonds is 3. The topological polar surface area (TPSA) is 56.2 Å². The minimum Gasteiger partial charge on any atom is -0.480 e. The Labute approximate surface area is 133 Å². The van der Waals surface area contributed by atoms with Crippen molar-refractivity contribution in [2.45, 2.75) is 26.0 Å². The minimum atomic E-state index is -0.473. The molecule has 0 aliphatic carbocycles. The van der Waals surface area contributed by atoms with Gasteiger partial charge in [0, 0.05) is 24.0 Å². The van der Waals surface area contributed by atoms with Crippen LogP contribution in [0.3, 0.4) is 0 Å². The van der Waals surface area contributed by atoms with Crippen LogP contribution >= 0.6 is 0 Å². The lowest BCUT2D eigenvalue weighted by Crippen LogP contribution is -2.31. The number of aryl methyl sites for hydroxylation is 1. The van der Waals surface area contributed by atoms with Crippen molar-refractivity contribution in [1.29, 1.82) is 0 Å². The van der Waals surface area contributed by atoms with Gasteiger partial charge in [-0.3, -0.25) is 9.48 Å². The number of carbonyl (C=O) groups is 1. The molecule has 2 heterocycles. The molecule has 5 nitrogen and oxygen atoms in total. The molecule has 0 radical (unpaired) electrons. The highest BCUT2D eigenvalue weighted by Crippen LogP contribution is 2.29. The van der Waals surface area contributed by atoms with Crippen LogP contribution in [0.4, 0.5) is 5.69 Å². The van der Waals surface area contributed by atoms with Gasteiger partial charge in [-0.25, -0.2) is 0 Å². The number of nitrogens with one attached hydrogen (secondary N) is 1. The zero-order chi connectivity index (χ0) is 15.8. The second-order valence-corrected chi connectivity index (χ2v) is 5.64. The number of hydrogen-bond acceptors (Lipinski definition) is 3. The van der Waals surface area contributed by atoms with Crippen LogP contribution in [0.25, 0.3) is 10.9 Å². The van der Waals surface area contributed by atoms with Crippen molar-refractivity contribution in [2.75, 3.05) is 5.32 Å². The van der Waals surface area contributed by atoms with Crippen molar-refractivity contribution in [2.24, 2.45) is 0 Å². The fraction of sp³-hybridized carbons (Fsp3) is 0.222. The summed E-state index contributed by atoms with van der Waals surface area (Å²) in [6.45, 7) is 2.84. The Kier molecular flexibility index (Phi) is 3.26. The Bertz CT molecular complexity index is 860. The maximum absolute atomic E-state index is 12.5. The summed E-state index contributed by atoms with van der Waals surface area (Å²) in [4.78, 5) is 12.5. The molecular formula is C18H17N3O2. The first-order chi connectivity index (χ1) is 11.2. The molecular weight excluding hydrogens is 290 g/mol. The number of nitrogens with zero attached hydrogens (tertiary/aromatic N) is 2. The summed E-state index contributed by atoms with van der Waals surface area (Å²) >= 11 is 0. The maximum atomic E-state index is 12.5. The Morgan fingerprint density at radius 1 is 1.35 bits per heavy atom. The normalized spacial score (nSPS) is 16.1. The van der Waals surface area contributed by atoms with E-state index in [4.69, 9.17) is 4.74 Å². The summed E-state index contributed by atoms with van der Waals surface area (Å²) in [5.41, 5.74) is 2.85. The summed E-state index contributed by atoms with van der Waals surface area (Å²) < 4.78 is 7.64. The van der Waals surface area contributed by atoms with E-state index in [1.165, 1.54) is 0 Å². The van der Waals surface area contributed by atoms with E-state index < -0.39 is 6.10 Å². The van der Waals surface area contributed by atoms with Gasteiger partial charge in [0.05, 0.1) is 11.7 Å². The first-order valence-electron chi connectivity index (χ1n) is 7.75. The lowest BCUT2D eigenvalue weighted by molar-refractivity contribution is -0.122. The highest BCUT2D eigenvalue weighted by molar-refractivity contribution is 5.97. The van der Waals surface area contributed by atoms with Crippen LogP contribution in [0.5, 0.6) is 5.75 Å². The maximum Gasteiger partial charge on any atom is 0.265 e. The Morgan fingerprint density at radius 2 is 2.22 bits per heavy atom. The molecule has 2 aromatic carbocycles. The molecule has 5 heteroatoms. The monoisotopic (exact) mass is 307 g/mol. The van der Waals surface area contributed by atoms with Gasteiger partial charge in [0.15, 0.2) is 6.10 Å². The fourth-order valence-corrected chi connectivity index (χ4v) is 2.95. The summed E-state index contributed by atoms with van der Waals surface area (Å²) in [5, 5.41) is 8.33. The predicted octanol–water partition coefficient (Wildman–Crippen LogP) is 3.00. The Morgan fingerprint density at radius 3 is 3.04 bits per heavy atom. The average molecular weight is 307 g/mol. The smallest absolute Gasteiger partial charge is 0.265 e. The van der Waals surface area contributed by atoms with Crippen LogP contribution in [0.1, 0.15) is 12.5 Å². The van der Waals surface area contributed by atoms with Crippen LogP contribution in [-0.2, 0) is 17.8 Å². The molecule has 0 fully saturated rings. The second kappa shape index (κ2) is 5.43. The van der Waals surface area contributed by atoms with Gasteiger partial charge in [0.2, 0.25) is 0 Å². The van der Waals surface area contributed by atoms with E-state index in [-0.39, 0.29) is 5.91 Å². The van der Waals surface area contributed by atoms with E-state index in [9.17, 15) is 4.79 Å². The van der Waals surface area contributed by atoms with Crippen molar-refractivity contribution in [1.82, 2.24) is 9.78 Å². The molecule has 1 atom stereocenters. The summed E-state index contributed by atoms with van der Waals surface area (Å²) in [6, 6.07) is 13.6. The number of benzene rings is 2. The van der Waals surface area contributed by atoms with E-state index in [1.54, 1.807) is 0 Å². The lowest BCUT2D eigenvalue weighted by Gasteiger charge is -2.11. The molecule has 0 saturated heterocycles. The van der Waals surface area contributed by atoms with Gasteiger partial charge in [0.25, 0.3) is 5.91 Å². The number of anilines is 1. The third-order valence-corrected chi connectivity index (χ3v) is 4.15. The molecule has 0 saturated carbocycles. The average Bonchev–Trinajstić information content (AvgIpc) is 3.18. The lowest BCUT2D eigenvalue weighted by atomic mass is 10.1. The van der Waals surface area contributed by atoms with Gasteiger partial charge in [-0.05, 0) is 36.8 Å². The van der Waals surface area contributed by atoms with Gasteiger partial charge in [-0.2, -0.15) is 5.10 Å².